The van der Waals surface area contributed by atoms with Gasteiger partial charge in [0.2, 0.25) is 0 Å². The minimum Gasteiger partial charge on any atom is -0.311 e. The first-order chi connectivity index (χ1) is 8.69. The molecule has 108 valence electrons. The summed E-state index contributed by atoms with van der Waals surface area (Å²) in [6, 6.07) is 1.47. The molecule has 0 saturated carbocycles. The zero-order chi connectivity index (χ0) is 13.4. The molecule has 1 aliphatic heterocycles. The van der Waals surface area contributed by atoms with E-state index in [2.05, 4.69) is 37.2 Å². The molecule has 2 unspecified atom stereocenters. The van der Waals surface area contributed by atoms with E-state index in [9.17, 15) is 0 Å². The zero-order valence-electron chi connectivity index (χ0n) is 12.7. The second-order valence-electron chi connectivity index (χ2n) is 5.90. The van der Waals surface area contributed by atoms with Gasteiger partial charge in [-0.3, -0.25) is 4.90 Å². The summed E-state index contributed by atoms with van der Waals surface area (Å²) in [6.45, 7) is 10.8. The lowest BCUT2D eigenvalue weighted by Crippen LogP contribution is -2.58. The molecule has 3 heteroatoms. The van der Waals surface area contributed by atoms with Crippen LogP contribution in [-0.4, -0.2) is 48.6 Å². The quantitative estimate of drug-likeness (QED) is 0.683. The van der Waals surface area contributed by atoms with Crippen molar-refractivity contribution in [2.45, 2.75) is 58.5 Å². The van der Waals surface area contributed by atoms with Crippen molar-refractivity contribution in [2.24, 2.45) is 5.92 Å². The summed E-state index contributed by atoms with van der Waals surface area (Å²) in [4.78, 5) is 2.75. The molecule has 1 heterocycles. The van der Waals surface area contributed by atoms with Crippen LogP contribution in [0.5, 0.6) is 0 Å². The van der Waals surface area contributed by atoms with Gasteiger partial charge in [0.05, 0.1) is 0 Å². The first kappa shape index (κ1) is 16.3. The number of hydrogen-bond donors (Lipinski definition) is 1. The Labute approximate surface area is 118 Å². The Hall–Kier alpha value is 0.270. The molecule has 0 aliphatic carbocycles. The summed E-state index contributed by atoms with van der Waals surface area (Å²) in [6.07, 6.45) is 7.56. The number of thioether (sulfide) groups is 1. The van der Waals surface area contributed by atoms with E-state index in [1.807, 2.05) is 11.8 Å². The summed E-state index contributed by atoms with van der Waals surface area (Å²) in [5, 5.41) is 3.74. The third-order valence-electron chi connectivity index (χ3n) is 3.99. The average molecular weight is 273 g/mol. The highest BCUT2D eigenvalue weighted by Crippen LogP contribution is 2.18. The van der Waals surface area contributed by atoms with Crippen molar-refractivity contribution in [1.82, 2.24) is 10.2 Å². The number of rotatable bonds is 8. The third-order valence-corrected chi connectivity index (χ3v) is 4.69. The number of unbranched alkanes of at least 4 members (excludes halogenated alkanes) is 1. The van der Waals surface area contributed by atoms with Crippen LogP contribution in [0.25, 0.3) is 0 Å². The molecule has 1 fully saturated rings. The molecule has 0 amide bonds. The molecule has 0 aromatic rings. The molecule has 0 radical (unpaired) electrons. The highest BCUT2D eigenvalue weighted by atomic mass is 32.2. The van der Waals surface area contributed by atoms with E-state index in [1.54, 1.807) is 0 Å². The Morgan fingerprint density at radius 3 is 2.72 bits per heavy atom. The number of piperazine rings is 1. The summed E-state index contributed by atoms with van der Waals surface area (Å²) in [7, 11) is 0. The van der Waals surface area contributed by atoms with Crippen molar-refractivity contribution in [3.05, 3.63) is 0 Å². The van der Waals surface area contributed by atoms with Gasteiger partial charge in [-0.1, -0.05) is 27.2 Å². The van der Waals surface area contributed by atoms with Crippen molar-refractivity contribution < 1.29 is 0 Å². The second-order valence-corrected chi connectivity index (χ2v) is 6.89. The van der Waals surface area contributed by atoms with E-state index < -0.39 is 0 Å². The minimum atomic E-state index is 0.727. The van der Waals surface area contributed by atoms with Crippen LogP contribution in [0, 0.1) is 5.92 Å². The van der Waals surface area contributed by atoms with Crippen LogP contribution in [0.15, 0.2) is 0 Å². The molecule has 1 saturated heterocycles. The Kier molecular flexibility index (Phi) is 8.36. The second kappa shape index (κ2) is 9.22. The van der Waals surface area contributed by atoms with Gasteiger partial charge in [-0.2, -0.15) is 11.8 Å². The van der Waals surface area contributed by atoms with Gasteiger partial charge in [0.15, 0.2) is 0 Å². The standard InChI is InChI=1S/C15H32N2S/c1-5-8-14-12-17(9-6-7-10-18-4)15(11-16-14)13(2)3/h13-16H,5-12H2,1-4H3. The molecule has 1 rings (SSSR count). The van der Waals surface area contributed by atoms with Crippen molar-refractivity contribution in [3.63, 3.8) is 0 Å². The van der Waals surface area contributed by atoms with Gasteiger partial charge in [0.1, 0.15) is 0 Å². The largest absolute Gasteiger partial charge is 0.311 e. The van der Waals surface area contributed by atoms with Crippen molar-refractivity contribution in [1.29, 1.82) is 0 Å². The Morgan fingerprint density at radius 2 is 2.11 bits per heavy atom. The molecule has 0 spiro atoms. The molecule has 0 bridgehead atoms. The molecule has 0 aromatic heterocycles. The molecule has 2 nitrogen and oxygen atoms in total. The summed E-state index contributed by atoms with van der Waals surface area (Å²) in [5.41, 5.74) is 0. The monoisotopic (exact) mass is 272 g/mol. The minimum absolute atomic E-state index is 0.727. The molecule has 1 aliphatic rings. The summed E-state index contributed by atoms with van der Waals surface area (Å²) < 4.78 is 0. The fraction of sp³-hybridized carbons (Fsp3) is 1.00. The molecule has 1 N–H and O–H groups in total. The van der Waals surface area contributed by atoms with E-state index in [0.29, 0.717) is 0 Å². The maximum Gasteiger partial charge on any atom is 0.0244 e. The van der Waals surface area contributed by atoms with Gasteiger partial charge in [0, 0.05) is 25.2 Å². The Bertz CT molecular complexity index is 209. The fourth-order valence-corrected chi connectivity index (χ4v) is 3.41. The first-order valence-electron chi connectivity index (χ1n) is 7.65. The van der Waals surface area contributed by atoms with Gasteiger partial charge in [-0.25, -0.2) is 0 Å². The predicted octanol–water partition coefficient (Wildman–Crippen LogP) is 3.23. The van der Waals surface area contributed by atoms with E-state index in [-0.39, 0.29) is 0 Å². The maximum atomic E-state index is 3.74. The van der Waals surface area contributed by atoms with E-state index >= 15 is 0 Å². The van der Waals surface area contributed by atoms with Crippen LogP contribution in [0.1, 0.15) is 46.5 Å². The lowest BCUT2D eigenvalue weighted by molar-refractivity contribution is 0.0943. The van der Waals surface area contributed by atoms with Gasteiger partial charge in [-0.15, -0.1) is 0 Å². The van der Waals surface area contributed by atoms with Crippen molar-refractivity contribution in [3.8, 4) is 0 Å². The predicted molar refractivity (Wildman–Crippen MR) is 84.5 cm³/mol. The lowest BCUT2D eigenvalue weighted by atomic mass is 9.96. The third kappa shape index (κ3) is 5.50. The normalized spacial score (nSPS) is 25.8. The number of nitrogens with zero attached hydrogens (tertiary/aromatic N) is 1. The van der Waals surface area contributed by atoms with Gasteiger partial charge >= 0.3 is 0 Å². The van der Waals surface area contributed by atoms with Crippen LogP contribution in [0.2, 0.25) is 0 Å². The average Bonchev–Trinajstić information content (AvgIpc) is 2.35. The van der Waals surface area contributed by atoms with Gasteiger partial charge in [0.25, 0.3) is 0 Å². The number of hydrogen-bond acceptors (Lipinski definition) is 3. The van der Waals surface area contributed by atoms with E-state index in [0.717, 1.165) is 18.0 Å². The number of nitrogens with one attached hydrogen (secondary N) is 1. The van der Waals surface area contributed by atoms with Crippen molar-refractivity contribution >= 4 is 11.8 Å². The molecule has 2 atom stereocenters. The molecular weight excluding hydrogens is 240 g/mol. The topological polar surface area (TPSA) is 15.3 Å². The van der Waals surface area contributed by atoms with Crippen LogP contribution in [0.4, 0.5) is 0 Å². The summed E-state index contributed by atoms with van der Waals surface area (Å²) >= 11 is 1.97. The summed E-state index contributed by atoms with van der Waals surface area (Å²) in [5.74, 6) is 2.08. The molecule has 18 heavy (non-hydrogen) atoms. The highest BCUT2D eigenvalue weighted by Gasteiger charge is 2.28. The van der Waals surface area contributed by atoms with Crippen LogP contribution in [-0.2, 0) is 0 Å². The van der Waals surface area contributed by atoms with Gasteiger partial charge < -0.3 is 5.32 Å². The van der Waals surface area contributed by atoms with Crippen LogP contribution in [0.3, 0.4) is 0 Å². The first-order valence-corrected chi connectivity index (χ1v) is 9.04. The Morgan fingerprint density at radius 1 is 1.33 bits per heavy atom. The lowest BCUT2D eigenvalue weighted by Gasteiger charge is -2.42. The van der Waals surface area contributed by atoms with Gasteiger partial charge in [-0.05, 0) is 43.7 Å². The van der Waals surface area contributed by atoms with Crippen LogP contribution < -0.4 is 5.32 Å². The van der Waals surface area contributed by atoms with Crippen molar-refractivity contribution in [2.75, 3.05) is 31.6 Å². The zero-order valence-corrected chi connectivity index (χ0v) is 13.6. The van der Waals surface area contributed by atoms with E-state index in [4.69, 9.17) is 0 Å². The SMILES string of the molecule is CCCC1CN(CCCCSC)C(C(C)C)CN1. The van der Waals surface area contributed by atoms with Crippen LogP contribution >= 0.6 is 11.8 Å². The van der Waals surface area contributed by atoms with E-state index in [1.165, 1.54) is 51.1 Å². The molecule has 0 aromatic carbocycles. The highest BCUT2D eigenvalue weighted by molar-refractivity contribution is 7.98. The Balaban J connectivity index is 2.39. The maximum absolute atomic E-state index is 3.74. The molecular formula is C15H32N2S. The fourth-order valence-electron chi connectivity index (χ4n) is 2.92. The smallest absolute Gasteiger partial charge is 0.0244 e.